The number of hydrogen-bond donors (Lipinski definition) is 2. The topological polar surface area (TPSA) is 79.8 Å². The van der Waals surface area contributed by atoms with Crippen molar-refractivity contribution >= 4 is 22.6 Å². The van der Waals surface area contributed by atoms with Crippen molar-refractivity contribution in [2.45, 2.75) is 44.9 Å². The summed E-state index contributed by atoms with van der Waals surface area (Å²) in [6.07, 6.45) is 9.32. The first-order valence-corrected chi connectivity index (χ1v) is 12.0. The lowest BCUT2D eigenvalue weighted by Crippen LogP contribution is -2.29. The molecule has 4 aromatic rings. The molecule has 0 radical (unpaired) electrons. The lowest BCUT2D eigenvalue weighted by molar-refractivity contribution is -0.119. The van der Waals surface area contributed by atoms with Gasteiger partial charge < -0.3 is 14.9 Å². The number of hydrogen-bond acceptors (Lipinski definition) is 3. The van der Waals surface area contributed by atoms with Crippen LogP contribution in [0.3, 0.4) is 0 Å². The summed E-state index contributed by atoms with van der Waals surface area (Å²) in [5, 5.41) is 3.94. The molecule has 174 valence electrons. The molecular formula is C28H30N4O2. The van der Waals surface area contributed by atoms with E-state index in [1.165, 1.54) is 19.3 Å². The van der Waals surface area contributed by atoms with Crippen molar-refractivity contribution in [1.29, 1.82) is 0 Å². The van der Waals surface area contributed by atoms with Crippen LogP contribution >= 0.6 is 0 Å². The number of nitrogens with zero attached hydrogens (tertiary/aromatic N) is 2. The third kappa shape index (κ3) is 4.16. The molecule has 1 unspecified atom stereocenters. The monoisotopic (exact) mass is 454 g/mol. The fourth-order valence-corrected chi connectivity index (χ4v) is 5.30. The average Bonchev–Trinajstić information content (AvgIpc) is 3.35. The number of aromatic amines is 1. The van der Waals surface area contributed by atoms with E-state index in [2.05, 4.69) is 22.4 Å². The summed E-state index contributed by atoms with van der Waals surface area (Å²) in [5.74, 6) is 0.665. The maximum atomic E-state index is 13.6. The molecule has 6 nitrogen and oxygen atoms in total. The van der Waals surface area contributed by atoms with Crippen LogP contribution in [0.5, 0.6) is 0 Å². The van der Waals surface area contributed by atoms with Gasteiger partial charge in [0, 0.05) is 30.4 Å². The summed E-state index contributed by atoms with van der Waals surface area (Å²) >= 11 is 0. The Labute approximate surface area is 199 Å². The third-order valence-corrected chi connectivity index (χ3v) is 7.06. The van der Waals surface area contributed by atoms with Gasteiger partial charge in [-0.25, -0.2) is 4.98 Å². The molecule has 1 fully saturated rings. The maximum Gasteiger partial charge on any atom is 0.274 e. The number of anilines is 1. The number of pyridine rings is 2. The largest absolute Gasteiger partial charge is 0.357 e. The molecule has 1 atom stereocenters. The molecule has 0 saturated heterocycles. The van der Waals surface area contributed by atoms with E-state index in [1.807, 2.05) is 49.5 Å². The van der Waals surface area contributed by atoms with E-state index in [-0.39, 0.29) is 17.4 Å². The first kappa shape index (κ1) is 22.1. The van der Waals surface area contributed by atoms with Crippen LogP contribution in [0.1, 0.15) is 49.1 Å². The lowest BCUT2D eigenvalue weighted by Gasteiger charge is -2.29. The quantitative estimate of drug-likeness (QED) is 0.415. The number of aromatic nitrogens is 3. The standard InChI is InChI=1S/C28H30N4O2/c1-18-13-14-23(30-25(18)22-17-32(2)28(34)26-21(22)15-16-29-26)31-27(33)24(19-9-5-3-6-10-19)20-11-7-4-8-12-20/h3,5-6,9-10,13-17,20,24,29H,4,7-8,11-12H2,1-2H3,(H,30,31,33). The highest BCUT2D eigenvalue weighted by Gasteiger charge is 2.31. The fraction of sp³-hybridized carbons (Fsp3) is 0.321. The zero-order chi connectivity index (χ0) is 23.7. The minimum Gasteiger partial charge on any atom is -0.357 e. The van der Waals surface area contributed by atoms with E-state index in [0.717, 1.165) is 40.6 Å². The molecule has 0 bridgehead atoms. The van der Waals surface area contributed by atoms with Gasteiger partial charge in [0.2, 0.25) is 5.91 Å². The zero-order valence-electron chi connectivity index (χ0n) is 19.7. The Hall–Kier alpha value is -3.67. The summed E-state index contributed by atoms with van der Waals surface area (Å²) in [4.78, 5) is 34.0. The minimum atomic E-state index is -0.193. The van der Waals surface area contributed by atoms with Crippen molar-refractivity contribution in [3.8, 4) is 11.3 Å². The number of H-pyrrole nitrogens is 1. The highest BCUT2D eigenvalue weighted by atomic mass is 16.2. The van der Waals surface area contributed by atoms with Crippen molar-refractivity contribution in [3.63, 3.8) is 0 Å². The number of carbonyl (C=O) groups is 1. The molecule has 1 aliphatic carbocycles. The lowest BCUT2D eigenvalue weighted by atomic mass is 9.76. The molecule has 3 aromatic heterocycles. The summed E-state index contributed by atoms with van der Waals surface area (Å²) in [5.41, 5.74) is 4.13. The van der Waals surface area contributed by atoms with Gasteiger partial charge >= 0.3 is 0 Å². The summed E-state index contributed by atoms with van der Waals surface area (Å²) in [6, 6.07) is 15.8. The van der Waals surface area contributed by atoms with Gasteiger partial charge in [0.1, 0.15) is 11.3 Å². The van der Waals surface area contributed by atoms with Crippen LogP contribution in [0.25, 0.3) is 22.2 Å². The molecule has 5 rings (SSSR count). The van der Waals surface area contributed by atoms with Crippen molar-refractivity contribution in [2.24, 2.45) is 13.0 Å². The molecule has 0 spiro atoms. The molecule has 0 aliphatic heterocycles. The second-order valence-corrected chi connectivity index (χ2v) is 9.36. The fourth-order valence-electron chi connectivity index (χ4n) is 5.30. The van der Waals surface area contributed by atoms with Gasteiger partial charge in [0.05, 0.1) is 11.6 Å². The number of benzene rings is 1. The number of amides is 1. The Bertz CT molecular complexity index is 1380. The van der Waals surface area contributed by atoms with Gasteiger partial charge in [-0.1, -0.05) is 55.7 Å². The minimum absolute atomic E-state index is 0.00680. The van der Waals surface area contributed by atoms with Crippen LogP contribution in [0.2, 0.25) is 0 Å². The molecule has 1 saturated carbocycles. The van der Waals surface area contributed by atoms with Crippen molar-refractivity contribution in [3.05, 3.63) is 82.4 Å². The number of rotatable bonds is 5. The van der Waals surface area contributed by atoms with E-state index in [4.69, 9.17) is 4.98 Å². The molecule has 1 aromatic carbocycles. The van der Waals surface area contributed by atoms with Gasteiger partial charge in [-0.15, -0.1) is 0 Å². The molecule has 34 heavy (non-hydrogen) atoms. The van der Waals surface area contributed by atoms with Gasteiger partial charge in [-0.2, -0.15) is 0 Å². The van der Waals surface area contributed by atoms with Crippen LogP contribution in [0, 0.1) is 12.8 Å². The molecule has 3 heterocycles. The molecule has 1 aliphatic rings. The Morgan fingerprint density at radius 1 is 1.09 bits per heavy atom. The average molecular weight is 455 g/mol. The van der Waals surface area contributed by atoms with Gasteiger partial charge in [0.15, 0.2) is 0 Å². The van der Waals surface area contributed by atoms with Crippen LogP contribution < -0.4 is 10.9 Å². The number of fused-ring (bicyclic) bond motifs is 1. The second-order valence-electron chi connectivity index (χ2n) is 9.36. The van der Waals surface area contributed by atoms with Crippen LogP contribution in [0.15, 0.2) is 65.7 Å². The highest BCUT2D eigenvalue weighted by Crippen LogP contribution is 2.37. The van der Waals surface area contributed by atoms with Crippen molar-refractivity contribution < 1.29 is 4.79 Å². The number of nitrogens with one attached hydrogen (secondary N) is 2. The van der Waals surface area contributed by atoms with Crippen molar-refractivity contribution in [2.75, 3.05) is 5.32 Å². The van der Waals surface area contributed by atoms with E-state index in [0.29, 0.717) is 17.3 Å². The second kappa shape index (κ2) is 9.29. The number of carbonyl (C=O) groups excluding carboxylic acids is 1. The predicted octanol–water partition coefficient (Wildman–Crippen LogP) is 5.54. The van der Waals surface area contributed by atoms with Crippen molar-refractivity contribution in [1.82, 2.24) is 14.5 Å². The van der Waals surface area contributed by atoms with E-state index < -0.39 is 0 Å². The Morgan fingerprint density at radius 2 is 1.85 bits per heavy atom. The van der Waals surface area contributed by atoms with Gasteiger partial charge in [-0.05, 0) is 48.9 Å². The first-order chi connectivity index (χ1) is 16.5. The SMILES string of the molecule is Cc1ccc(NC(=O)C(c2ccccc2)C2CCCCC2)nc1-c1cn(C)c(=O)c2[nH]ccc12. The smallest absolute Gasteiger partial charge is 0.274 e. The maximum absolute atomic E-state index is 13.6. The zero-order valence-corrected chi connectivity index (χ0v) is 19.7. The summed E-state index contributed by atoms with van der Waals surface area (Å²) < 4.78 is 1.56. The first-order valence-electron chi connectivity index (χ1n) is 12.0. The summed E-state index contributed by atoms with van der Waals surface area (Å²) in [6.45, 7) is 1.99. The highest BCUT2D eigenvalue weighted by molar-refractivity contribution is 5.97. The van der Waals surface area contributed by atoms with E-state index >= 15 is 0 Å². The van der Waals surface area contributed by atoms with E-state index in [9.17, 15) is 9.59 Å². The Morgan fingerprint density at radius 3 is 2.62 bits per heavy atom. The summed E-state index contributed by atoms with van der Waals surface area (Å²) in [7, 11) is 1.74. The molecule has 2 N–H and O–H groups in total. The van der Waals surface area contributed by atoms with Crippen LogP contribution in [-0.2, 0) is 11.8 Å². The Balaban J connectivity index is 1.50. The third-order valence-electron chi connectivity index (χ3n) is 7.06. The van der Waals surface area contributed by atoms with Crippen LogP contribution in [-0.4, -0.2) is 20.4 Å². The molecule has 1 amide bonds. The predicted molar refractivity (Wildman–Crippen MR) is 136 cm³/mol. The van der Waals surface area contributed by atoms with Crippen LogP contribution in [0.4, 0.5) is 5.82 Å². The normalized spacial score (nSPS) is 15.4. The van der Waals surface area contributed by atoms with Gasteiger partial charge in [0.25, 0.3) is 5.56 Å². The number of aryl methyl sites for hydroxylation is 2. The molecule has 6 heteroatoms. The van der Waals surface area contributed by atoms with Gasteiger partial charge in [-0.3, -0.25) is 9.59 Å². The Kier molecular flexibility index (Phi) is 6.05. The molecular weight excluding hydrogens is 424 g/mol. The van der Waals surface area contributed by atoms with E-state index in [1.54, 1.807) is 17.8 Å².